The van der Waals surface area contributed by atoms with Crippen molar-refractivity contribution in [3.63, 3.8) is 0 Å². The number of ketones is 1. The van der Waals surface area contributed by atoms with Gasteiger partial charge in [-0.1, -0.05) is 20.8 Å². The van der Waals surface area contributed by atoms with Gasteiger partial charge in [-0.3, -0.25) is 4.79 Å². The van der Waals surface area contributed by atoms with E-state index >= 15 is 0 Å². The summed E-state index contributed by atoms with van der Waals surface area (Å²) in [6.07, 6.45) is 3.39. The van der Waals surface area contributed by atoms with E-state index in [9.17, 15) is 4.79 Å². The molecule has 0 bridgehead atoms. The third-order valence-electron chi connectivity index (χ3n) is 3.34. The van der Waals surface area contributed by atoms with Gasteiger partial charge in [-0.15, -0.1) is 0 Å². The number of Topliss-reactive ketones (excluding diaryl/α,β-unsaturated/α-hetero) is 1. The van der Waals surface area contributed by atoms with E-state index in [1.807, 2.05) is 0 Å². The van der Waals surface area contributed by atoms with Crippen LogP contribution in [-0.4, -0.2) is 30.3 Å². The summed E-state index contributed by atoms with van der Waals surface area (Å²) in [5, 5.41) is 0. The number of piperidine rings is 1. The first-order chi connectivity index (χ1) is 6.88. The average Bonchev–Trinajstić information content (AvgIpc) is 2.14. The Balaban J connectivity index is 2.23. The Labute approximate surface area is 94.0 Å². The fourth-order valence-corrected chi connectivity index (χ4v) is 2.06. The third kappa shape index (κ3) is 4.78. The zero-order chi connectivity index (χ0) is 11.5. The molecular weight excluding hydrogens is 186 g/mol. The van der Waals surface area contributed by atoms with Crippen LogP contribution < -0.4 is 0 Å². The lowest BCUT2D eigenvalue weighted by atomic mass is 9.90. The fraction of sp³-hybridized carbons (Fsp3) is 0.923. The highest BCUT2D eigenvalue weighted by Gasteiger charge is 2.22. The zero-order valence-electron chi connectivity index (χ0n) is 10.7. The van der Waals surface area contributed by atoms with Crippen molar-refractivity contribution < 1.29 is 4.79 Å². The first-order valence-electron chi connectivity index (χ1n) is 6.11. The van der Waals surface area contributed by atoms with E-state index in [0.29, 0.717) is 17.1 Å². The summed E-state index contributed by atoms with van der Waals surface area (Å²) < 4.78 is 0. The van der Waals surface area contributed by atoms with Crippen molar-refractivity contribution in [1.29, 1.82) is 0 Å². The standard InChI is InChI=1S/C13H25NO/c1-11(15)12-5-8-14(9-6-12)10-7-13(2,3)4/h12H,5-10H2,1-4H3. The van der Waals surface area contributed by atoms with Gasteiger partial charge in [0.15, 0.2) is 0 Å². The Kier molecular flexibility index (Phi) is 4.32. The molecule has 0 spiro atoms. The van der Waals surface area contributed by atoms with E-state index in [0.717, 1.165) is 25.9 Å². The monoisotopic (exact) mass is 211 g/mol. The lowest BCUT2D eigenvalue weighted by Gasteiger charge is -2.32. The Morgan fingerprint density at radius 1 is 1.27 bits per heavy atom. The zero-order valence-corrected chi connectivity index (χ0v) is 10.7. The molecule has 1 aliphatic heterocycles. The van der Waals surface area contributed by atoms with E-state index in [1.165, 1.54) is 13.0 Å². The fourth-order valence-electron chi connectivity index (χ4n) is 2.06. The Hall–Kier alpha value is -0.370. The molecule has 0 aromatic rings. The Morgan fingerprint density at radius 2 is 1.80 bits per heavy atom. The highest BCUT2D eigenvalue weighted by atomic mass is 16.1. The van der Waals surface area contributed by atoms with Crippen LogP contribution in [0.1, 0.15) is 47.0 Å². The summed E-state index contributed by atoms with van der Waals surface area (Å²) in [6.45, 7) is 12.0. The second kappa shape index (κ2) is 5.11. The van der Waals surface area contributed by atoms with E-state index in [4.69, 9.17) is 0 Å². The van der Waals surface area contributed by atoms with Crippen molar-refractivity contribution in [3.05, 3.63) is 0 Å². The van der Waals surface area contributed by atoms with Crippen LogP contribution in [-0.2, 0) is 4.79 Å². The van der Waals surface area contributed by atoms with Crippen LogP contribution in [0.4, 0.5) is 0 Å². The van der Waals surface area contributed by atoms with Gasteiger partial charge in [0.2, 0.25) is 0 Å². The van der Waals surface area contributed by atoms with E-state index in [2.05, 4.69) is 25.7 Å². The minimum atomic E-state index is 0.343. The molecule has 0 aliphatic carbocycles. The lowest BCUT2D eigenvalue weighted by molar-refractivity contribution is -0.122. The van der Waals surface area contributed by atoms with Gasteiger partial charge in [-0.25, -0.2) is 0 Å². The number of carbonyl (C=O) groups is 1. The van der Waals surface area contributed by atoms with Gasteiger partial charge in [0, 0.05) is 5.92 Å². The van der Waals surface area contributed by atoms with Crippen molar-refractivity contribution >= 4 is 5.78 Å². The second-order valence-corrected chi connectivity index (χ2v) is 6.04. The predicted octanol–water partition coefficient (Wildman–Crippen LogP) is 2.72. The lowest BCUT2D eigenvalue weighted by Crippen LogP contribution is -2.37. The van der Waals surface area contributed by atoms with Gasteiger partial charge >= 0.3 is 0 Å². The SMILES string of the molecule is CC(=O)C1CCN(CCC(C)(C)C)CC1. The molecule has 0 amide bonds. The normalized spacial score (nSPS) is 20.5. The van der Waals surface area contributed by atoms with Crippen LogP contribution >= 0.6 is 0 Å². The molecule has 0 radical (unpaired) electrons. The van der Waals surface area contributed by atoms with Gasteiger partial charge in [-0.05, 0) is 51.2 Å². The first-order valence-corrected chi connectivity index (χ1v) is 6.11. The smallest absolute Gasteiger partial charge is 0.133 e. The average molecular weight is 211 g/mol. The van der Waals surface area contributed by atoms with Crippen molar-refractivity contribution in [3.8, 4) is 0 Å². The molecule has 15 heavy (non-hydrogen) atoms. The summed E-state index contributed by atoms with van der Waals surface area (Å²) in [4.78, 5) is 13.7. The Bertz CT molecular complexity index is 209. The predicted molar refractivity (Wildman–Crippen MR) is 63.9 cm³/mol. The molecule has 0 N–H and O–H groups in total. The second-order valence-electron chi connectivity index (χ2n) is 6.04. The highest BCUT2D eigenvalue weighted by Crippen LogP contribution is 2.22. The van der Waals surface area contributed by atoms with Gasteiger partial charge in [0.25, 0.3) is 0 Å². The number of carbonyl (C=O) groups excluding carboxylic acids is 1. The molecule has 2 heteroatoms. The maximum Gasteiger partial charge on any atom is 0.133 e. The molecule has 0 saturated carbocycles. The summed E-state index contributed by atoms with van der Waals surface area (Å²) in [6, 6.07) is 0. The third-order valence-corrected chi connectivity index (χ3v) is 3.34. The topological polar surface area (TPSA) is 20.3 Å². The van der Waals surface area contributed by atoms with Gasteiger partial charge in [-0.2, -0.15) is 0 Å². The summed E-state index contributed by atoms with van der Waals surface area (Å²) in [5.74, 6) is 0.723. The summed E-state index contributed by atoms with van der Waals surface area (Å²) in [7, 11) is 0. The molecule has 0 atom stereocenters. The van der Waals surface area contributed by atoms with Crippen molar-refractivity contribution in [2.75, 3.05) is 19.6 Å². The minimum Gasteiger partial charge on any atom is -0.303 e. The molecule has 1 heterocycles. The maximum absolute atomic E-state index is 11.2. The van der Waals surface area contributed by atoms with Crippen LogP contribution in [0.2, 0.25) is 0 Å². The number of hydrogen-bond donors (Lipinski definition) is 0. The molecule has 0 unspecified atom stereocenters. The van der Waals surface area contributed by atoms with Crippen LogP contribution in [0.25, 0.3) is 0 Å². The van der Waals surface area contributed by atoms with Gasteiger partial charge in [0.05, 0.1) is 0 Å². The van der Waals surface area contributed by atoms with E-state index in [1.54, 1.807) is 6.92 Å². The van der Waals surface area contributed by atoms with Crippen LogP contribution in [0.5, 0.6) is 0 Å². The maximum atomic E-state index is 11.2. The molecule has 1 fully saturated rings. The molecule has 0 aromatic heterocycles. The number of nitrogens with zero attached hydrogens (tertiary/aromatic N) is 1. The number of rotatable bonds is 3. The molecule has 1 aliphatic rings. The molecule has 1 saturated heterocycles. The summed E-state index contributed by atoms with van der Waals surface area (Å²) >= 11 is 0. The molecule has 88 valence electrons. The highest BCUT2D eigenvalue weighted by molar-refractivity contribution is 5.78. The molecular formula is C13H25NO. The van der Waals surface area contributed by atoms with Gasteiger partial charge < -0.3 is 4.90 Å². The molecule has 1 rings (SSSR count). The largest absolute Gasteiger partial charge is 0.303 e. The molecule has 2 nitrogen and oxygen atoms in total. The van der Waals surface area contributed by atoms with Crippen molar-refractivity contribution in [2.45, 2.75) is 47.0 Å². The first kappa shape index (κ1) is 12.7. The van der Waals surface area contributed by atoms with Crippen molar-refractivity contribution in [2.24, 2.45) is 11.3 Å². The van der Waals surface area contributed by atoms with Crippen LogP contribution in [0, 0.1) is 11.3 Å². The number of hydrogen-bond acceptors (Lipinski definition) is 2. The van der Waals surface area contributed by atoms with Crippen molar-refractivity contribution in [1.82, 2.24) is 4.90 Å². The minimum absolute atomic E-state index is 0.343. The van der Waals surface area contributed by atoms with Crippen LogP contribution in [0.3, 0.4) is 0 Å². The van der Waals surface area contributed by atoms with E-state index in [-0.39, 0.29) is 0 Å². The summed E-state index contributed by atoms with van der Waals surface area (Å²) in [5.41, 5.74) is 0.428. The Morgan fingerprint density at radius 3 is 2.20 bits per heavy atom. The van der Waals surface area contributed by atoms with Gasteiger partial charge in [0.1, 0.15) is 5.78 Å². The quantitative estimate of drug-likeness (QED) is 0.715. The van der Waals surface area contributed by atoms with Crippen LogP contribution in [0.15, 0.2) is 0 Å². The van der Waals surface area contributed by atoms with E-state index < -0.39 is 0 Å². The molecule has 0 aromatic carbocycles. The number of likely N-dealkylation sites (tertiary alicyclic amines) is 1.